The highest BCUT2D eigenvalue weighted by atomic mass is 32.1. The fourth-order valence-electron chi connectivity index (χ4n) is 1.78. The van der Waals surface area contributed by atoms with E-state index in [0.717, 1.165) is 16.9 Å². The number of hydrogen-bond donors (Lipinski definition) is 2. The van der Waals surface area contributed by atoms with E-state index in [1.807, 2.05) is 6.07 Å². The van der Waals surface area contributed by atoms with Gasteiger partial charge in [-0.25, -0.2) is 0 Å². The first-order valence-electron chi connectivity index (χ1n) is 5.43. The largest absolute Gasteiger partial charge is 0.369 e. The molecule has 0 aromatic carbocycles. The molecule has 3 aromatic rings. The van der Waals surface area contributed by atoms with E-state index in [0.29, 0.717) is 12.2 Å². The predicted molar refractivity (Wildman–Crippen MR) is 72.3 cm³/mol. The summed E-state index contributed by atoms with van der Waals surface area (Å²) in [5.74, 6) is -0.00441. The quantitative estimate of drug-likeness (QED) is 0.693. The van der Waals surface area contributed by atoms with Crippen LogP contribution in [0.5, 0.6) is 0 Å². The first-order chi connectivity index (χ1) is 9.15. The summed E-state index contributed by atoms with van der Waals surface area (Å²) in [6.45, 7) is 0.308. The number of nitrogens with one attached hydrogen (secondary N) is 1. The van der Waals surface area contributed by atoms with Gasteiger partial charge in [0, 0.05) is 12.4 Å². The maximum atomic E-state index is 11.9. The van der Waals surface area contributed by atoms with Crippen LogP contribution in [0, 0.1) is 0 Å². The van der Waals surface area contributed by atoms with Crippen LogP contribution in [0.2, 0.25) is 0 Å². The lowest BCUT2D eigenvalue weighted by molar-refractivity contribution is 0.799. The molecule has 8 heteroatoms. The van der Waals surface area contributed by atoms with Gasteiger partial charge >= 0.3 is 4.87 Å². The molecule has 0 saturated heterocycles. The van der Waals surface area contributed by atoms with E-state index in [9.17, 15) is 9.59 Å². The average Bonchev–Trinajstić information content (AvgIpc) is 2.69. The van der Waals surface area contributed by atoms with E-state index in [1.54, 1.807) is 18.5 Å². The van der Waals surface area contributed by atoms with Crippen molar-refractivity contribution in [2.24, 2.45) is 0 Å². The molecular weight excluding hydrogens is 266 g/mol. The summed E-state index contributed by atoms with van der Waals surface area (Å²) < 4.78 is 1.70. The zero-order valence-electron chi connectivity index (χ0n) is 9.66. The molecule has 0 bridgehead atoms. The van der Waals surface area contributed by atoms with Gasteiger partial charge in [0.05, 0.1) is 6.54 Å². The van der Waals surface area contributed by atoms with E-state index in [4.69, 9.17) is 5.73 Å². The van der Waals surface area contributed by atoms with Crippen molar-refractivity contribution in [3.05, 3.63) is 50.1 Å². The average molecular weight is 275 g/mol. The monoisotopic (exact) mass is 275 g/mol. The SMILES string of the molecule is Nc1nc2c(sc(=O)n2Cc2cccnc2)c(=O)[nH]1. The third-order valence-electron chi connectivity index (χ3n) is 2.61. The molecule has 0 fully saturated rings. The Labute approximate surface area is 110 Å². The highest BCUT2D eigenvalue weighted by molar-refractivity contribution is 7.16. The van der Waals surface area contributed by atoms with Crippen molar-refractivity contribution in [3.63, 3.8) is 0 Å². The number of thiazole rings is 1. The lowest BCUT2D eigenvalue weighted by Gasteiger charge is -2.02. The standard InChI is InChI=1S/C11H9N5O2S/c12-10-14-8-7(9(17)15-10)19-11(18)16(8)5-6-2-1-3-13-4-6/h1-4H,5H2,(H3,12,14,15,17). The zero-order valence-corrected chi connectivity index (χ0v) is 10.5. The zero-order chi connectivity index (χ0) is 13.4. The molecule has 96 valence electrons. The molecule has 0 atom stereocenters. The van der Waals surface area contributed by atoms with Gasteiger partial charge < -0.3 is 5.73 Å². The Morgan fingerprint density at radius 1 is 1.42 bits per heavy atom. The molecule has 0 unspecified atom stereocenters. The number of aromatic nitrogens is 4. The highest BCUT2D eigenvalue weighted by Crippen LogP contribution is 2.12. The summed E-state index contributed by atoms with van der Waals surface area (Å²) >= 11 is 0.859. The number of hydrogen-bond acceptors (Lipinski definition) is 6. The molecule has 3 aromatic heterocycles. The fourth-order valence-corrected chi connectivity index (χ4v) is 2.61. The molecule has 3 heterocycles. The molecule has 7 nitrogen and oxygen atoms in total. The number of nitrogens with two attached hydrogens (primary N) is 1. The number of aromatic amines is 1. The van der Waals surface area contributed by atoms with Crippen LogP contribution in [-0.2, 0) is 6.54 Å². The number of anilines is 1. The van der Waals surface area contributed by atoms with Crippen molar-refractivity contribution in [2.45, 2.75) is 6.54 Å². The summed E-state index contributed by atoms with van der Waals surface area (Å²) in [5.41, 5.74) is 6.27. The van der Waals surface area contributed by atoms with Crippen LogP contribution >= 0.6 is 11.3 Å². The molecular formula is C11H9N5O2S. The molecule has 0 aliphatic carbocycles. The van der Waals surface area contributed by atoms with E-state index in [1.165, 1.54) is 4.57 Å². The number of rotatable bonds is 2. The van der Waals surface area contributed by atoms with E-state index in [2.05, 4.69) is 15.0 Å². The van der Waals surface area contributed by atoms with E-state index in [-0.39, 0.29) is 15.5 Å². The Balaban J connectivity index is 2.21. The van der Waals surface area contributed by atoms with Gasteiger partial charge in [-0.1, -0.05) is 17.4 Å². The molecule has 3 N–H and O–H groups in total. The van der Waals surface area contributed by atoms with Gasteiger partial charge in [-0.05, 0) is 11.6 Å². The Bertz CT molecular complexity index is 849. The fraction of sp³-hybridized carbons (Fsp3) is 0.0909. The summed E-state index contributed by atoms with van der Waals surface area (Å²) in [6.07, 6.45) is 3.31. The van der Waals surface area contributed by atoms with Gasteiger partial charge in [-0.2, -0.15) is 4.98 Å². The second-order valence-electron chi connectivity index (χ2n) is 3.92. The maximum absolute atomic E-state index is 11.9. The van der Waals surface area contributed by atoms with Crippen molar-refractivity contribution in [1.29, 1.82) is 0 Å². The van der Waals surface area contributed by atoms with Crippen LogP contribution < -0.4 is 16.2 Å². The van der Waals surface area contributed by atoms with Gasteiger partial charge in [-0.15, -0.1) is 0 Å². The van der Waals surface area contributed by atoms with Crippen LogP contribution in [0.3, 0.4) is 0 Å². The minimum Gasteiger partial charge on any atom is -0.369 e. The normalized spacial score (nSPS) is 10.9. The molecule has 0 saturated carbocycles. The second-order valence-corrected chi connectivity index (χ2v) is 4.88. The number of H-pyrrole nitrogens is 1. The third kappa shape index (κ3) is 2.02. The number of fused-ring (bicyclic) bond motifs is 1. The van der Waals surface area contributed by atoms with E-state index < -0.39 is 5.56 Å². The predicted octanol–water partition coefficient (Wildman–Crippen LogP) is 0.172. The molecule has 0 amide bonds. The first kappa shape index (κ1) is 11.6. The van der Waals surface area contributed by atoms with Crippen molar-refractivity contribution in [2.75, 3.05) is 5.73 Å². The van der Waals surface area contributed by atoms with Crippen molar-refractivity contribution >= 4 is 27.6 Å². The smallest absolute Gasteiger partial charge is 0.309 e. The Morgan fingerprint density at radius 2 is 2.26 bits per heavy atom. The van der Waals surface area contributed by atoms with Crippen LogP contribution in [0.15, 0.2) is 34.1 Å². The summed E-state index contributed by atoms with van der Waals surface area (Å²) in [7, 11) is 0. The lowest BCUT2D eigenvalue weighted by Crippen LogP contribution is -2.16. The van der Waals surface area contributed by atoms with Gasteiger partial charge in [0.25, 0.3) is 5.56 Å². The second kappa shape index (κ2) is 4.32. The van der Waals surface area contributed by atoms with Crippen molar-refractivity contribution in [1.82, 2.24) is 19.5 Å². The van der Waals surface area contributed by atoms with Crippen LogP contribution in [0.4, 0.5) is 5.95 Å². The molecule has 0 aliphatic heterocycles. The summed E-state index contributed by atoms with van der Waals surface area (Å²) in [4.78, 5) is 33.8. The molecule has 19 heavy (non-hydrogen) atoms. The van der Waals surface area contributed by atoms with Gasteiger partial charge in [0.15, 0.2) is 5.65 Å². The van der Waals surface area contributed by atoms with Crippen LogP contribution in [0.1, 0.15) is 5.56 Å². The maximum Gasteiger partial charge on any atom is 0.309 e. The van der Waals surface area contributed by atoms with Crippen molar-refractivity contribution in [3.8, 4) is 0 Å². The van der Waals surface area contributed by atoms with Crippen LogP contribution in [-0.4, -0.2) is 19.5 Å². The topological polar surface area (TPSA) is 107 Å². The van der Waals surface area contributed by atoms with Gasteiger partial charge in [0.1, 0.15) is 4.70 Å². The van der Waals surface area contributed by atoms with Crippen LogP contribution in [0.25, 0.3) is 10.3 Å². The molecule has 3 rings (SSSR count). The van der Waals surface area contributed by atoms with Gasteiger partial charge in [-0.3, -0.25) is 24.1 Å². The molecule has 0 aliphatic rings. The number of pyridine rings is 1. The summed E-state index contributed by atoms with van der Waals surface area (Å²) in [5, 5.41) is 0. The minimum atomic E-state index is -0.394. The Hall–Kier alpha value is -2.48. The minimum absolute atomic E-state index is 0.00441. The Kier molecular flexibility index (Phi) is 2.64. The highest BCUT2D eigenvalue weighted by Gasteiger charge is 2.13. The summed E-state index contributed by atoms with van der Waals surface area (Å²) in [6, 6.07) is 3.63. The molecule has 0 radical (unpaired) electrons. The van der Waals surface area contributed by atoms with Gasteiger partial charge in [0.2, 0.25) is 5.95 Å². The molecule has 0 spiro atoms. The van der Waals surface area contributed by atoms with E-state index >= 15 is 0 Å². The third-order valence-corrected chi connectivity index (χ3v) is 3.57. The first-order valence-corrected chi connectivity index (χ1v) is 6.25. The number of nitrogen functional groups attached to an aromatic ring is 1. The Morgan fingerprint density at radius 3 is 3.00 bits per heavy atom. The number of nitrogens with zero attached hydrogens (tertiary/aromatic N) is 3. The lowest BCUT2D eigenvalue weighted by atomic mass is 10.3. The van der Waals surface area contributed by atoms with Crippen molar-refractivity contribution < 1.29 is 0 Å².